The quantitative estimate of drug-likeness (QED) is 0.569. The molecule has 0 aliphatic rings. The molecule has 90 valence electrons. The molecule has 18 heavy (non-hydrogen) atoms. The predicted molar refractivity (Wildman–Crippen MR) is 83.8 cm³/mol. The number of hydrogen-bond acceptors (Lipinski definition) is 1. The number of rotatable bonds is 3. The van der Waals surface area contributed by atoms with Crippen LogP contribution in [0.1, 0.15) is 11.1 Å². The van der Waals surface area contributed by atoms with Crippen LogP contribution in [0.5, 0.6) is 0 Å². The SMILES string of the molecule is C=C/C=C(\S)c1ccccc1-c1ccc(C)cc1. The van der Waals surface area contributed by atoms with Gasteiger partial charge >= 0.3 is 0 Å². The lowest BCUT2D eigenvalue weighted by molar-refractivity contribution is 1.46. The molecule has 2 aromatic carbocycles. The Kier molecular flexibility index (Phi) is 4.06. The highest BCUT2D eigenvalue weighted by Gasteiger charge is 2.05. The molecular weight excluding hydrogens is 236 g/mol. The lowest BCUT2D eigenvalue weighted by Gasteiger charge is -2.09. The van der Waals surface area contributed by atoms with E-state index in [1.807, 2.05) is 18.2 Å². The monoisotopic (exact) mass is 252 g/mol. The Bertz CT molecular complexity index is 577. The van der Waals surface area contributed by atoms with Crippen molar-refractivity contribution in [2.45, 2.75) is 6.92 Å². The fourth-order valence-electron chi connectivity index (χ4n) is 1.89. The van der Waals surface area contributed by atoms with Crippen molar-refractivity contribution in [3.8, 4) is 11.1 Å². The normalized spacial score (nSPS) is 11.3. The molecule has 0 fully saturated rings. The van der Waals surface area contributed by atoms with Crippen LogP contribution in [-0.4, -0.2) is 0 Å². The number of allylic oxidation sites excluding steroid dienone is 2. The van der Waals surface area contributed by atoms with Crippen molar-refractivity contribution in [3.05, 3.63) is 78.4 Å². The van der Waals surface area contributed by atoms with E-state index in [9.17, 15) is 0 Å². The first-order chi connectivity index (χ1) is 8.72. The van der Waals surface area contributed by atoms with E-state index >= 15 is 0 Å². The summed E-state index contributed by atoms with van der Waals surface area (Å²) in [4.78, 5) is 0.932. The van der Waals surface area contributed by atoms with Gasteiger partial charge in [-0.2, -0.15) is 0 Å². The highest BCUT2D eigenvalue weighted by molar-refractivity contribution is 7.90. The summed E-state index contributed by atoms with van der Waals surface area (Å²) < 4.78 is 0. The first-order valence-corrected chi connectivity index (χ1v) is 6.35. The molecule has 0 unspecified atom stereocenters. The number of hydrogen-bond donors (Lipinski definition) is 1. The van der Waals surface area contributed by atoms with Crippen molar-refractivity contribution in [2.24, 2.45) is 0 Å². The fraction of sp³-hybridized carbons (Fsp3) is 0.0588. The van der Waals surface area contributed by atoms with Gasteiger partial charge in [-0.3, -0.25) is 0 Å². The second-order valence-electron chi connectivity index (χ2n) is 4.20. The van der Waals surface area contributed by atoms with E-state index in [1.54, 1.807) is 6.08 Å². The Morgan fingerprint density at radius 1 is 1.06 bits per heavy atom. The molecule has 0 nitrogen and oxygen atoms in total. The van der Waals surface area contributed by atoms with Crippen molar-refractivity contribution in [1.82, 2.24) is 0 Å². The summed E-state index contributed by atoms with van der Waals surface area (Å²) >= 11 is 4.53. The van der Waals surface area contributed by atoms with E-state index in [2.05, 4.69) is 62.5 Å². The highest BCUT2D eigenvalue weighted by atomic mass is 32.1. The number of aryl methyl sites for hydroxylation is 1. The Hall–Kier alpha value is -1.73. The standard InChI is InChI=1S/C17H16S/c1-3-6-17(18)16-8-5-4-7-15(16)14-11-9-13(2)10-12-14/h3-12,18H,1H2,2H3/b17-6-. The van der Waals surface area contributed by atoms with Crippen molar-refractivity contribution >= 4 is 17.5 Å². The van der Waals surface area contributed by atoms with Crippen LogP contribution in [0, 0.1) is 6.92 Å². The molecule has 1 heteroatoms. The topological polar surface area (TPSA) is 0 Å². The van der Waals surface area contributed by atoms with Crippen LogP contribution < -0.4 is 0 Å². The van der Waals surface area contributed by atoms with Crippen molar-refractivity contribution in [3.63, 3.8) is 0 Å². The van der Waals surface area contributed by atoms with Crippen LogP contribution in [0.25, 0.3) is 16.0 Å². The van der Waals surface area contributed by atoms with Gasteiger partial charge in [0.1, 0.15) is 0 Å². The maximum atomic E-state index is 4.53. The molecule has 0 saturated carbocycles. The molecule has 0 atom stereocenters. The lowest BCUT2D eigenvalue weighted by atomic mass is 9.98. The van der Waals surface area contributed by atoms with Crippen LogP contribution in [0.15, 0.2) is 67.3 Å². The third kappa shape index (κ3) is 2.74. The summed E-state index contributed by atoms with van der Waals surface area (Å²) in [6.07, 6.45) is 3.67. The lowest BCUT2D eigenvalue weighted by Crippen LogP contribution is -1.85. The molecule has 0 heterocycles. The minimum Gasteiger partial charge on any atom is -0.143 e. The second-order valence-corrected chi connectivity index (χ2v) is 4.68. The van der Waals surface area contributed by atoms with Crippen molar-refractivity contribution < 1.29 is 0 Å². The van der Waals surface area contributed by atoms with Gasteiger partial charge in [-0.15, -0.1) is 12.6 Å². The third-order valence-electron chi connectivity index (χ3n) is 2.84. The largest absolute Gasteiger partial charge is 0.143 e. The Morgan fingerprint density at radius 3 is 2.39 bits per heavy atom. The van der Waals surface area contributed by atoms with Gasteiger partial charge < -0.3 is 0 Å². The summed E-state index contributed by atoms with van der Waals surface area (Å²) in [6.45, 7) is 5.81. The number of thiol groups is 1. The van der Waals surface area contributed by atoms with Gasteiger partial charge in [0.25, 0.3) is 0 Å². The van der Waals surface area contributed by atoms with Gasteiger partial charge in [-0.25, -0.2) is 0 Å². The molecular formula is C17H16S. The maximum absolute atomic E-state index is 4.53. The summed E-state index contributed by atoms with van der Waals surface area (Å²) in [5.74, 6) is 0. The van der Waals surface area contributed by atoms with E-state index in [4.69, 9.17) is 0 Å². The zero-order valence-corrected chi connectivity index (χ0v) is 11.3. The molecule has 2 aromatic rings. The van der Waals surface area contributed by atoms with E-state index in [1.165, 1.54) is 16.7 Å². The summed E-state index contributed by atoms with van der Waals surface area (Å²) in [5, 5.41) is 0. The zero-order valence-electron chi connectivity index (χ0n) is 10.4. The van der Waals surface area contributed by atoms with Gasteiger partial charge in [-0.05, 0) is 29.7 Å². The van der Waals surface area contributed by atoms with E-state index in [0.29, 0.717) is 0 Å². The van der Waals surface area contributed by atoms with E-state index in [0.717, 1.165) is 10.5 Å². The molecule has 0 saturated heterocycles. The number of benzene rings is 2. The summed E-state index contributed by atoms with van der Waals surface area (Å²) in [7, 11) is 0. The molecule has 2 rings (SSSR count). The molecule has 0 radical (unpaired) electrons. The Morgan fingerprint density at radius 2 is 1.72 bits per heavy atom. The summed E-state index contributed by atoms with van der Waals surface area (Å²) in [5.41, 5.74) is 4.80. The van der Waals surface area contributed by atoms with Gasteiger partial charge in [0.2, 0.25) is 0 Å². The zero-order chi connectivity index (χ0) is 13.0. The maximum Gasteiger partial charge on any atom is 0.0119 e. The fourth-order valence-corrected chi connectivity index (χ4v) is 2.19. The summed E-state index contributed by atoms with van der Waals surface area (Å²) in [6, 6.07) is 16.8. The van der Waals surface area contributed by atoms with Gasteiger partial charge in [0.05, 0.1) is 0 Å². The minimum absolute atomic E-state index is 0.932. The van der Waals surface area contributed by atoms with Crippen molar-refractivity contribution in [1.29, 1.82) is 0 Å². The average Bonchev–Trinajstić information content (AvgIpc) is 2.40. The Labute approximate surface area is 114 Å². The van der Waals surface area contributed by atoms with Crippen LogP contribution in [0.4, 0.5) is 0 Å². The molecule has 0 spiro atoms. The highest BCUT2D eigenvalue weighted by Crippen LogP contribution is 2.30. The molecule has 0 amide bonds. The van der Waals surface area contributed by atoms with Crippen LogP contribution in [-0.2, 0) is 0 Å². The van der Waals surface area contributed by atoms with E-state index < -0.39 is 0 Å². The second kappa shape index (κ2) is 5.74. The first kappa shape index (κ1) is 12.7. The molecule has 0 N–H and O–H groups in total. The van der Waals surface area contributed by atoms with E-state index in [-0.39, 0.29) is 0 Å². The van der Waals surface area contributed by atoms with Crippen molar-refractivity contribution in [2.75, 3.05) is 0 Å². The van der Waals surface area contributed by atoms with Crippen LogP contribution in [0.3, 0.4) is 0 Å². The minimum atomic E-state index is 0.932. The average molecular weight is 252 g/mol. The smallest absolute Gasteiger partial charge is 0.0119 e. The first-order valence-electron chi connectivity index (χ1n) is 5.90. The van der Waals surface area contributed by atoms with Gasteiger partial charge in [0, 0.05) is 4.91 Å². The van der Waals surface area contributed by atoms with Gasteiger partial charge in [-0.1, -0.05) is 66.7 Å². The van der Waals surface area contributed by atoms with Crippen LogP contribution >= 0.6 is 12.6 Å². The molecule has 0 aliphatic carbocycles. The molecule has 0 aromatic heterocycles. The predicted octanol–water partition coefficient (Wildman–Crippen LogP) is 5.12. The van der Waals surface area contributed by atoms with Gasteiger partial charge in [0.15, 0.2) is 0 Å². The van der Waals surface area contributed by atoms with Crippen LogP contribution in [0.2, 0.25) is 0 Å². The molecule has 0 aliphatic heterocycles. The third-order valence-corrected chi connectivity index (χ3v) is 3.23. The Balaban J connectivity index is 2.54. The molecule has 0 bridgehead atoms.